The van der Waals surface area contributed by atoms with Gasteiger partial charge in [-0.2, -0.15) is 5.26 Å². The number of azide groups is 1. The number of hydrogen-bond acceptors (Lipinski definition) is 13. The minimum absolute atomic E-state index is 0.00625. The number of likely N-dealkylation sites (tertiary alicyclic amines) is 3. The van der Waals surface area contributed by atoms with Crippen LogP contribution in [0.5, 0.6) is 11.5 Å². The Balaban J connectivity index is 0.000000180. The van der Waals surface area contributed by atoms with Crippen LogP contribution in [0.1, 0.15) is 118 Å². The number of aromatic nitrogens is 6. The molecule has 83 heavy (non-hydrogen) atoms. The summed E-state index contributed by atoms with van der Waals surface area (Å²) in [5.41, 5.74) is 11.9. The van der Waals surface area contributed by atoms with Crippen molar-refractivity contribution in [1.82, 2.24) is 43.4 Å². The lowest BCUT2D eigenvalue weighted by Crippen LogP contribution is -2.26. The molecule has 3 aromatic carbocycles. The van der Waals surface area contributed by atoms with Gasteiger partial charge in [0.1, 0.15) is 24.2 Å². The van der Waals surface area contributed by atoms with Crippen molar-refractivity contribution in [2.75, 3.05) is 25.0 Å². The average molecular weight is 1160 g/mol. The number of hydrogen-bond donors (Lipinski definition) is 2. The Bertz CT molecular complexity index is 3200. The molecule has 2 N–H and O–H groups in total. The van der Waals surface area contributed by atoms with Gasteiger partial charge in [-0.1, -0.05) is 107 Å². The minimum atomic E-state index is -3.95. The van der Waals surface area contributed by atoms with Crippen LogP contribution in [0, 0.1) is 29.1 Å². The highest BCUT2D eigenvalue weighted by molar-refractivity contribution is 7.53. The van der Waals surface area contributed by atoms with Crippen LogP contribution in [0.15, 0.2) is 114 Å². The molecule has 6 aromatic rings. The van der Waals surface area contributed by atoms with Crippen LogP contribution in [0.4, 0.5) is 10.7 Å². The van der Waals surface area contributed by atoms with Gasteiger partial charge in [0.2, 0.25) is 35.3 Å². The van der Waals surface area contributed by atoms with Crippen molar-refractivity contribution in [2.45, 2.75) is 105 Å². The number of carbonyl (C=O) groups is 5. The van der Waals surface area contributed by atoms with Gasteiger partial charge in [0.15, 0.2) is 0 Å². The summed E-state index contributed by atoms with van der Waals surface area (Å²) in [5, 5.41) is 20.4. The standard InChI is InChI=1S/C20H26N4O3.C13H18N4O.C13H19N3O3.C12H10N3O3P/c1-3-7-16-10-18(25)24(12-16)13-17-11-21-19(23(17)2)22-20(26)27-14-15-8-5-4-6-9-15;1-3-4-10-5-13(18)17(8-10)9-11-7-15-12(6-14)16(11)2;1-3-4-9-5-11(17)16(7-9)8-10-6-14-12(13(18)19)15(10)2;13-14-15-19(16,17-11-7-3-1-4-8-11)18-12-9-5-2-6-10-12/h4-6,8-9,11,16H,3,7,10,12-14H2,1-2H3,(H,21,22,26);7,10H,3-5,8-9H2,1-2H3;6,9H,3-5,7-8H2,1-2H3,(H,18,19);1-10H. The summed E-state index contributed by atoms with van der Waals surface area (Å²) in [6.07, 6.45) is 12.8. The Kier molecular flexibility index (Phi) is 23.9. The Labute approximate surface area is 483 Å². The predicted molar refractivity (Wildman–Crippen MR) is 308 cm³/mol. The molecule has 3 unspecified atom stereocenters. The fourth-order valence-corrected chi connectivity index (χ4v) is 10.8. The second-order valence-electron chi connectivity index (χ2n) is 20.4. The molecule has 3 aliphatic heterocycles. The number of nitriles is 1. The molecule has 3 aliphatic rings. The molecule has 3 fully saturated rings. The maximum atomic E-state index is 12.3. The molecule has 25 heteroatoms. The summed E-state index contributed by atoms with van der Waals surface area (Å²) in [6.45, 7) is 10.5. The molecule has 3 atom stereocenters. The quantitative estimate of drug-likeness (QED) is 0.0293. The number of benzene rings is 3. The van der Waals surface area contributed by atoms with Crippen molar-refractivity contribution in [3.05, 3.63) is 154 Å². The predicted octanol–water partition coefficient (Wildman–Crippen LogP) is 10.6. The maximum Gasteiger partial charge on any atom is 0.525 e. The van der Waals surface area contributed by atoms with Gasteiger partial charge in [0, 0.05) is 69.8 Å². The molecule has 0 saturated carbocycles. The Morgan fingerprint density at radius 1 is 0.675 bits per heavy atom. The normalized spacial score (nSPS) is 16.3. The number of para-hydroxylation sites is 2. The SMILES string of the molecule is CCCC1CC(=O)N(Cc2cnc(C#N)n2C)C1.CCCC1CC(=O)N(Cc2cnc(C(=O)O)n2C)C1.CCCC1CC(=O)N(Cc2cnc(NC(=O)OCc3ccccc3)n2C)C1.[N-]=[N+]=NP(=O)(Oc1ccccc1)Oc1ccccc1. The van der Waals surface area contributed by atoms with Gasteiger partial charge in [0.25, 0.3) is 0 Å². The van der Waals surface area contributed by atoms with E-state index in [1.807, 2.05) is 60.3 Å². The van der Waals surface area contributed by atoms with E-state index in [1.54, 1.807) is 94.1 Å². The largest absolute Gasteiger partial charge is 0.525 e. The fourth-order valence-electron chi connectivity index (χ4n) is 9.79. The molecule has 9 rings (SSSR count). The van der Waals surface area contributed by atoms with E-state index in [0.717, 1.165) is 80.8 Å². The van der Waals surface area contributed by atoms with E-state index in [9.17, 15) is 28.5 Å². The molecular weight excluding hydrogens is 1080 g/mol. The molecule has 6 heterocycles. The molecule has 4 amide bonds. The van der Waals surface area contributed by atoms with Crippen LogP contribution < -0.4 is 14.4 Å². The van der Waals surface area contributed by atoms with Crippen molar-refractivity contribution in [1.29, 1.82) is 5.26 Å². The van der Waals surface area contributed by atoms with Gasteiger partial charge in [-0.05, 0) is 72.4 Å². The molecule has 0 aliphatic carbocycles. The van der Waals surface area contributed by atoms with Crippen LogP contribution in [-0.2, 0) is 71.1 Å². The van der Waals surface area contributed by atoms with Gasteiger partial charge in [0.05, 0.1) is 55.3 Å². The highest BCUT2D eigenvalue weighted by atomic mass is 31.2. The first-order chi connectivity index (χ1) is 40.0. The Morgan fingerprint density at radius 2 is 1.10 bits per heavy atom. The Morgan fingerprint density at radius 3 is 1.51 bits per heavy atom. The Hall–Kier alpha value is -8.93. The number of carboxylic acids is 1. The van der Waals surface area contributed by atoms with Crippen molar-refractivity contribution in [3.8, 4) is 17.6 Å². The van der Waals surface area contributed by atoms with Gasteiger partial charge in [-0.15, -0.1) is 0 Å². The lowest BCUT2D eigenvalue weighted by atomic mass is 10.0. The molecular formula is C58H73N14O10P. The van der Waals surface area contributed by atoms with E-state index in [0.29, 0.717) is 79.9 Å². The highest BCUT2D eigenvalue weighted by Gasteiger charge is 2.32. The molecule has 24 nitrogen and oxygen atoms in total. The average Bonchev–Trinajstić information content (AvgIpc) is 4.56. The number of amides is 4. The van der Waals surface area contributed by atoms with Crippen LogP contribution in [-0.4, -0.2) is 97.9 Å². The van der Waals surface area contributed by atoms with Crippen molar-refractivity contribution in [2.24, 2.45) is 43.8 Å². The van der Waals surface area contributed by atoms with Gasteiger partial charge in [-0.25, -0.2) is 29.1 Å². The smallest absolute Gasteiger partial charge is 0.475 e. The number of carbonyl (C=O) groups excluding carboxylic acids is 4. The second-order valence-corrected chi connectivity index (χ2v) is 21.8. The summed E-state index contributed by atoms with van der Waals surface area (Å²) >= 11 is 0. The van der Waals surface area contributed by atoms with E-state index in [-0.39, 0.29) is 30.2 Å². The van der Waals surface area contributed by atoms with Crippen LogP contribution in [0.25, 0.3) is 10.4 Å². The number of anilines is 1. The van der Waals surface area contributed by atoms with Gasteiger partial charge >= 0.3 is 19.8 Å². The molecule has 0 bridgehead atoms. The molecule has 440 valence electrons. The molecule has 0 radical (unpaired) electrons. The lowest BCUT2D eigenvalue weighted by Gasteiger charge is -2.17. The lowest BCUT2D eigenvalue weighted by molar-refractivity contribution is -0.129. The van der Waals surface area contributed by atoms with E-state index in [2.05, 4.69) is 50.8 Å². The first-order valence-corrected chi connectivity index (χ1v) is 29.1. The first-order valence-electron chi connectivity index (χ1n) is 27.6. The summed E-state index contributed by atoms with van der Waals surface area (Å²) in [7, 11) is 1.34. The number of aromatic carboxylic acids is 1. The van der Waals surface area contributed by atoms with Crippen LogP contribution in [0.2, 0.25) is 0 Å². The summed E-state index contributed by atoms with van der Waals surface area (Å²) in [4.78, 5) is 82.2. The van der Waals surface area contributed by atoms with E-state index < -0.39 is 19.8 Å². The number of imidazole rings is 3. The van der Waals surface area contributed by atoms with E-state index in [1.165, 1.54) is 10.8 Å². The first kappa shape index (κ1) is 63.3. The molecule has 3 saturated heterocycles. The van der Waals surface area contributed by atoms with Gasteiger partial charge in [-0.3, -0.25) is 19.7 Å². The third-order valence-electron chi connectivity index (χ3n) is 14.1. The maximum absolute atomic E-state index is 12.3. The molecule has 0 spiro atoms. The number of ether oxygens (including phenoxy) is 1. The minimum Gasteiger partial charge on any atom is -0.475 e. The third kappa shape index (κ3) is 18.8. The number of nitrogens with one attached hydrogen (secondary N) is 1. The van der Waals surface area contributed by atoms with Crippen molar-refractivity contribution in [3.63, 3.8) is 0 Å². The van der Waals surface area contributed by atoms with Crippen LogP contribution in [0.3, 0.4) is 0 Å². The zero-order valence-corrected chi connectivity index (χ0v) is 48.7. The number of rotatable bonds is 21. The zero-order valence-electron chi connectivity index (χ0n) is 47.8. The van der Waals surface area contributed by atoms with E-state index in [4.69, 9.17) is 29.7 Å². The summed E-state index contributed by atoms with van der Waals surface area (Å²) in [6, 6.07) is 28.3. The van der Waals surface area contributed by atoms with Crippen molar-refractivity contribution >= 4 is 43.5 Å². The summed E-state index contributed by atoms with van der Waals surface area (Å²) < 4.78 is 32.9. The van der Waals surface area contributed by atoms with E-state index >= 15 is 0 Å². The summed E-state index contributed by atoms with van der Waals surface area (Å²) in [5.74, 6) is 2.27. The topological polar surface area (TPSA) is 298 Å². The number of carboxylic acid groups (broad SMARTS) is 1. The zero-order chi connectivity index (χ0) is 59.9. The molecule has 3 aromatic heterocycles. The fraction of sp³-hybridized carbons (Fsp3) is 0.431. The van der Waals surface area contributed by atoms with Gasteiger partial charge < -0.3 is 47.3 Å². The third-order valence-corrected chi connectivity index (χ3v) is 15.3. The monoisotopic (exact) mass is 1160 g/mol. The van der Waals surface area contributed by atoms with Crippen molar-refractivity contribution < 1.29 is 47.4 Å². The second kappa shape index (κ2) is 31.3. The number of nitrogens with zero attached hydrogens (tertiary/aromatic N) is 13. The van der Waals surface area contributed by atoms with Crippen LogP contribution >= 0.6 is 7.75 Å². The highest BCUT2D eigenvalue weighted by Crippen LogP contribution is 2.50.